The van der Waals surface area contributed by atoms with Gasteiger partial charge in [0.25, 0.3) is 0 Å². The van der Waals surface area contributed by atoms with E-state index in [0.717, 1.165) is 12.1 Å². The van der Waals surface area contributed by atoms with E-state index in [2.05, 4.69) is 34.7 Å². The topological polar surface area (TPSA) is 50.9 Å². The molecule has 19 heavy (non-hydrogen) atoms. The lowest BCUT2D eigenvalue weighted by Crippen LogP contribution is -2.30. The van der Waals surface area contributed by atoms with Crippen LogP contribution in [0, 0.1) is 5.92 Å². The largest absolute Gasteiger partial charge is 0.271 e. The van der Waals surface area contributed by atoms with Gasteiger partial charge in [-0.15, -0.1) is 0 Å². The molecular formula is C15H16ClN3. The maximum atomic E-state index is 6.21. The number of benzene rings is 1. The lowest BCUT2D eigenvalue weighted by Gasteiger charge is -2.16. The van der Waals surface area contributed by atoms with E-state index in [4.69, 9.17) is 17.4 Å². The fraction of sp³-hybridized carbons (Fsp3) is 0.267. The lowest BCUT2D eigenvalue weighted by molar-refractivity contribution is 0.476. The molecule has 1 saturated carbocycles. The molecule has 0 spiro atoms. The number of nitrogens with zero attached hydrogens (tertiary/aromatic N) is 1. The summed E-state index contributed by atoms with van der Waals surface area (Å²) in [4.78, 5) is 4.36. The maximum absolute atomic E-state index is 6.21. The van der Waals surface area contributed by atoms with Gasteiger partial charge in [-0.1, -0.05) is 41.9 Å². The minimum Gasteiger partial charge on any atom is -0.271 e. The predicted octanol–water partition coefficient (Wildman–Crippen LogP) is 3.04. The Kier molecular flexibility index (Phi) is 3.51. The summed E-state index contributed by atoms with van der Waals surface area (Å²) < 4.78 is 0. The van der Waals surface area contributed by atoms with Crippen molar-refractivity contribution in [2.75, 3.05) is 0 Å². The van der Waals surface area contributed by atoms with Crippen LogP contribution in [-0.4, -0.2) is 4.98 Å². The molecule has 3 unspecified atom stereocenters. The molecule has 3 nitrogen and oxygen atoms in total. The molecule has 3 atom stereocenters. The number of aromatic nitrogens is 1. The zero-order valence-corrected chi connectivity index (χ0v) is 11.2. The average molecular weight is 274 g/mol. The Labute approximate surface area is 117 Å². The van der Waals surface area contributed by atoms with Crippen molar-refractivity contribution >= 4 is 11.6 Å². The number of halogens is 1. The summed E-state index contributed by atoms with van der Waals surface area (Å²) in [6.07, 6.45) is 2.87. The molecule has 1 aromatic heterocycles. The minimum atomic E-state index is 0.0129. The number of rotatable bonds is 4. The molecule has 0 radical (unpaired) electrons. The standard InChI is InChI=1S/C15H16ClN3/c16-13-7-4-8-18-15(13)14(19-17)12-9-11(12)10-5-2-1-3-6-10/h1-8,11-12,14,19H,9,17H2. The van der Waals surface area contributed by atoms with E-state index in [1.165, 1.54) is 5.56 Å². The SMILES string of the molecule is NNC(c1ncccc1Cl)C1CC1c1ccccc1. The zero-order chi connectivity index (χ0) is 13.2. The van der Waals surface area contributed by atoms with E-state index in [9.17, 15) is 0 Å². The molecule has 98 valence electrons. The van der Waals surface area contributed by atoms with E-state index in [1.54, 1.807) is 6.20 Å². The van der Waals surface area contributed by atoms with Gasteiger partial charge in [0, 0.05) is 6.20 Å². The quantitative estimate of drug-likeness (QED) is 0.665. The first kappa shape index (κ1) is 12.6. The van der Waals surface area contributed by atoms with Crippen LogP contribution < -0.4 is 11.3 Å². The van der Waals surface area contributed by atoms with Crippen LogP contribution in [-0.2, 0) is 0 Å². The highest BCUT2D eigenvalue weighted by Gasteiger charge is 2.45. The van der Waals surface area contributed by atoms with Gasteiger partial charge in [-0.3, -0.25) is 16.3 Å². The van der Waals surface area contributed by atoms with E-state index in [-0.39, 0.29) is 6.04 Å². The van der Waals surface area contributed by atoms with Crippen LogP contribution in [0.2, 0.25) is 5.02 Å². The summed E-state index contributed by atoms with van der Waals surface area (Å²) in [5, 5.41) is 0.671. The summed E-state index contributed by atoms with van der Waals surface area (Å²) in [6.45, 7) is 0. The number of hydrogen-bond donors (Lipinski definition) is 2. The first-order valence-corrected chi connectivity index (χ1v) is 6.80. The number of nitrogens with two attached hydrogens (primary N) is 1. The van der Waals surface area contributed by atoms with Crippen molar-refractivity contribution < 1.29 is 0 Å². The zero-order valence-electron chi connectivity index (χ0n) is 10.5. The fourth-order valence-corrected chi connectivity index (χ4v) is 2.94. The first-order valence-electron chi connectivity index (χ1n) is 6.42. The van der Waals surface area contributed by atoms with Crippen molar-refractivity contribution in [3.63, 3.8) is 0 Å². The number of pyridine rings is 1. The molecule has 2 aromatic rings. The fourth-order valence-electron chi connectivity index (χ4n) is 2.70. The van der Waals surface area contributed by atoms with Gasteiger partial charge in [0.1, 0.15) is 0 Å². The molecule has 1 heterocycles. The van der Waals surface area contributed by atoms with E-state index < -0.39 is 0 Å². The van der Waals surface area contributed by atoms with Gasteiger partial charge >= 0.3 is 0 Å². The maximum Gasteiger partial charge on any atom is 0.0775 e. The summed E-state index contributed by atoms with van der Waals surface area (Å²) in [6, 6.07) is 14.2. The third-order valence-corrected chi connectivity index (χ3v) is 4.08. The van der Waals surface area contributed by atoms with Gasteiger partial charge in [-0.2, -0.15) is 0 Å². The molecule has 0 aliphatic heterocycles. The molecule has 1 aliphatic carbocycles. The summed E-state index contributed by atoms with van der Waals surface area (Å²) in [5.41, 5.74) is 5.08. The second-order valence-corrected chi connectivity index (χ2v) is 5.34. The van der Waals surface area contributed by atoms with Crippen molar-refractivity contribution in [2.24, 2.45) is 11.8 Å². The van der Waals surface area contributed by atoms with Crippen LogP contribution in [0.25, 0.3) is 0 Å². The highest BCUT2D eigenvalue weighted by Crippen LogP contribution is 2.54. The second kappa shape index (κ2) is 5.29. The predicted molar refractivity (Wildman–Crippen MR) is 76.6 cm³/mol. The van der Waals surface area contributed by atoms with Crippen molar-refractivity contribution in [3.05, 3.63) is 64.9 Å². The van der Waals surface area contributed by atoms with Crippen LogP contribution in [0.4, 0.5) is 0 Å². The Morgan fingerprint density at radius 1 is 1.21 bits per heavy atom. The molecule has 1 fully saturated rings. The molecule has 1 aliphatic rings. The number of hydrazine groups is 1. The van der Waals surface area contributed by atoms with Gasteiger partial charge in [0.05, 0.1) is 16.8 Å². The molecule has 4 heteroatoms. The monoisotopic (exact) mass is 273 g/mol. The third-order valence-electron chi connectivity index (χ3n) is 3.76. The van der Waals surface area contributed by atoms with Crippen molar-refractivity contribution in [2.45, 2.75) is 18.4 Å². The Bertz CT molecular complexity index is 558. The first-order chi connectivity index (χ1) is 9.31. The van der Waals surface area contributed by atoms with Crippen LogP contribution in [0.3, 0.4) is 0 Å². The van der Waals surface area contributed by atoms with Crippen molar-refractivity contribution in [3.8, 4) is 0 Å². The van der Waals surface area contributed by atoms with Gasteiger partial charge in [-0.25, -0.2) is 0 Å². The third kappa shape index (κ3) is 2.50. The number of hydrogen-bond acceptors (Lipinski definition) is 3. The Hall–Kier alpha value is -1.42. The number of nitrogens with one attached hydrogen (secondary N) is 1. The summed E-state index contributed by atoms with van der Waals surface area (Å²) >= 11 is 6.21. The van der Waals surface area contributed by atoms with Crippen molar-refractivity contribution in [1.29, 1.82) is 0 Å². The highest BCUT2D eigenvalue weighted by atomic mass is 35.5. The Morgan fingerprint density at radius 3 is 2.68 bits per heavy atom. The minimum absolute atomic E-state index is 0.0129. The lowest BCUT2D eigenvalue weighted by atomic mass is 10.0. The molecule has 0 amide bonds. The second-order valence-electron chi connectivity index (χ2n) is 4.93. The average Bonchev–Trinajstić information content (AvgIpc) is 3.23. The Morgan fingerprint density at radius 2 is 2.00 bits per heavy atom. The normalized spacial score (nSPS) is 23.1. The van der Waals surface area contributed by atoms with Gasteiger partial charge in [0.2, 0.25) is 0 Å². The van der Waals surface area contributed by atoms with Gasteiger partial charge < -0.3 is 0 Å². The molecule has 1 aromatic carbocycles. The van der Waals surface area contributed by atoms with Gasteiger partial charge in [-0.05, 0) is 36.0 Å². The highest BCUT2D eigenvalue weighted by molar-refractivity contribution is 6.31. The van der Waals surface area contributed by atoms with Crippen LogP contribution >= 0.6 is 11.6 Å². The van der Waals surface area contributed by atoms with Gasteiger partial charge in [0.15, 0.2) is 0 Å². The molecule has 0 saturated heterocycles. The van der Waals surface area contributed by atoms with E-state index >= 15 is 0 Å². The molecule has 3 N–H and O–H groups in total. The van der Waals surface area contributed by atoms with E-state index in [0.29, 0.717) is 16.9 Å². The summed E-state index contributed by atoms with van der Waals surface area (Å²) in [7, 11) is 0. The molecule has 0 bridgehead atoms. The van der Waals surface area contributed by atoms with Crippen LogP contribution in [0.5, 0.6) is 0 Å². The van der Waals surface area contributed by atoms with Crippen LogP contribution in [0.1, 0.15) is 29.6 Å². The van der Waals surface area contributed by atoms with Crippen LogP contribution in [0.15, 0.2) is 48.7 Å². The molecular weight excluding hydrogens is 258 g/mol. The summed E-state index contributed by atoms with van der Waals surface area (Å²) in [5.74, 6) is 6.71. The molecule has 3 rings (SSSR count). The Balaban J connectivity index is 1.81. The van der Waals surface area contributed by atoms with Crippen molar-refractivity contribution in [1.82, 2.24) is 10.4 Å². The smallest absolute Gasteiger partial charge is 0.0775 e. The van der Waals surface area contributed by atoms with E-state index in [1.807, 2.05) is 18.2 Å².